The van der Waals surface area contributed by atoms with E-state index in [-0.39, 0.29) is 0 Å². The van der Waals surface area contributed by atoms with Crippen LogP contribution in [0.1, 0.15) is 13.8 Å². The second kappa shape index (κ2) is 4.45. The summed E-state index contributed by atoms with van der Waals surface area (Å²) in [5.74, 6) is 0. The second-order valence-electron chi connectivity index (χ2n) is 1.75. The minimum absolute atomic E-state index is 0.702. The van der Waals surface area contributed by atoms with Gasteiger partial charge in [-0.25, -0.2) is 0 Å². The Balaban J connectivity index is 4.10. The highest BCUT2D eigenvalue weighted by Crippen LogP contribution is 2.05. The fraction of sp³-hybridized carbons (Fsp3) is 0.429. The molecule has 0 saturated carbocycles. The third-order valence-electron chi connectivity index (χ3n) is 0.982. The summed E-state index contributed by atoms with van der Waals surface area (Å²) >= 11 is 5.71. The van der Waals surface area contributed by atoms with Crippen LogP contribution in [0.25, 0.3) is 0 Å². The van der Waals surface area contributed by atoms with Gasteiger partial charge in [0, 0.05) is 7.05 Å². The molecule has 0 fully saturated rings. The zero-order valence-corrected chi connectivity index (χ0v) is 6.79. The lowest BCUT2D eigenvalue weighted by molar-refractivity contribution is 1.05. The predicted octanol–water partition coefficient (Wildman–Crippen LogP) is 2.25. The van der Waals surface area contributed by atoms with Crippen LogP contribution in [0.2, 0.25) is 0 Å². The van der Waals surface area contributed by atoms with Crippen LogP contribution in [0.5, 0.6) is 0 Å². The monoisotopic (exact) mass is 145 g/mol. The highest BCUT2D eigenvalue weighted by Gasteiger charge is 1.88. The van der Waals surface area contributed by atoms with Crippen molar-refractivity contribution in [2.24, 2.45) is 0 Å². The molecule has 1 N–H and O–H groups in total. The van der Waals surface area contributed by atoms with Crippen molar-refractivity contribution >= 4 is 11.6 Å². The molecule has 9 heavy (non-hydrogen) atoms. The molecular formula is C7H12ClN. The highest BCUT2D eigenvalue weighted by atomic mass is 35.5. The molecule has 0 aromatic rings. The van der Waals surface area contributed by atoms with Gasteiger partial charge in [0.05, 0.1) is 0 Å². The van der Waals surface area contributed by atoms with Gasteiger partial charge in [-0.15, -0.1) is 0 Å². The highest BCUT2D eigenvalue weighted by molar-refractivity contribution is 6.29. The van der Waals surface area contributed by atoms with Gasteiger partial charge in [0.1, 0.15) is 5.16 Å². The average molecular weight is 146 g/mol. The normalized spacial score (nSPS) is 13.8. The summed E-state index contributed by atoms with van der Waals surface area (Å²) in [6.07, 6.45) is 3.91. The summed E-state index contributed by atoms with van der Waals surface area (Å²) in [7, 11) is 1.80. The van der Waals surface area contributed by atoms with Crippen molar-refractivity contribution < 1.29 is 0 Å². The fourth-order valence-corrected chi connectivity index (χ4v) is 0.583. The Morgan fingerprint density at radius 1 is 1.56 bits per heavy atom. The van der Waals surface area contributed by atoms with Gasteiger partial charge in [-0.05, 0) is 19.4 Å². The maximum Gasteiger partial charge on any atom is 0.104 e. The molecule has 0 atom stereocenters. The SMILES string of the molecule is C/C=C\C(C)=C(\Cl)NC. The van der Waals surface area contributed by atoms with Gasteiger partial charge < -0.3 is 5.32 Å². The molecule has 0 aliphatic carbocycles. The van der Waals surface area contributed by atoms with Gasteiger partial charge in [0.25, 0.3) is 0 Å². The molecule has 1 nitrogen and oxygen atoms in total. The largest absolute Gasteiger partial charge is 0.379 e. The summed E-state index contributed by atoms with van der Waals surface area (Å²) in [6.45, 7) is 3.92. The lowest BCUT2D eigenvalue weighted by atomic mass is 10.3. The van der Waals surface area contributed by atoms with Gasteiger partial charge in [0.2, 0.25) is 0 Å². The number of hydrogen-bond donors (Lipinski definition) is 1. The first kappa shape index (κ1) is 8.57. The van der Waals surface area contributed by atoms with Crippen LogP contribution < -0.4 is 5.32 Å². The number of halogens is 1. The zero-order chi connectivity index (χ0) is 7.28. The summed E-state index contributed by atoms with van der Waals surface area (Å²) in [4.78, 5) is 0. The summed E-state index contributed by atoms with van der Waals surface area (Å²) < 4.78 is 0. The van der Waals surface area contributed by atoms with Crippen molar-refractivity contribution in [2.75, 3.05) is 7.05 Å². The summed E-state index contributed by atoms with van der Waals surface area (Å²) in [5, 5.41) is 3.55. The lowest BCUT2D eigenvalue weighted by Gasteiger charge is -1.97. The molecular weight excluding hydrogens is 134 g/mol. The molecule has 0 radical (unpaired) electrons. The molecule has 0 aromatic heterocycles. The predicted molar refractivity (Wildman–Crippen MR) is 42.4 cm³/mol. The van der Waals surface area contributed by atoms with Crippen molar-refractivity contribution in [3.63, 3.8) is 0 Å². The Morgan fingerprint density at radius 2 is 2.11 bits per heavy atom. The molecule has 0 saturated heterocycles. The Morgan fingerprint density at radius 3 is 2.44 bits per heavy atom. The maximum atomic E-state index is 5.71. The van der Waals surface area contributed by atoms with Crippen LogP contribution in [0.4, 0.5) is 0 Å². The molecule has 0 amide bonds. The average Bonchev–Trinajstić information content (AvgIpc) is 1.87. The quantitative estimate of drug-likeness (QED) is 0.464. The molecule has 52 valence electrons. The number of allylic oxidation sites excluding steroid dienone is 3. The number of nitrogens with one attached hydrogen (secondary N) is 1. The standard InChI is InChI=1S/C7H12ClN/c1-4-5-6(2)7(8)9-3/h4-5,9H,1-3H3/b5-4-,7-6-. The van der Waals surface area contributed by atoms with E-state index in [1.807, 2.05) is 26.0 Å². The molecule has 0 heterocycles. The molecule has 0 bridgehead atoms. The smallest absolute Gasteiger partial charge is 0.104 e. The van der Waals surface area contributed by atoms with E-state index in [1.54, 1.807) is 7.05 Å². The first-order valence-corrected chi connectivity index (χ1v) is 3.27. The first-order valence-electron chi connectivity index (χ1n) is 2.89. The van der Waals surface area contributed by atoms with E-state index in [2.05, 4.69) is 5.32 Å². The van der Waals surface area contributed by atoms with E-state index >= 15 is 0 Å². The number of hydrogen-bond acceptors (Lipinski definition) is 1. The molecule has 0 aliphatic heterocycles. The second-order valence-corrected chi connectivity index (χ2v) is 2.12. The number of rotatable bonds is 2. The van der Waals surface area contributed by atoms with E-state index in [1.165, 1.54) is 0 Å². The third-order valence-corrected chi connectivity index (χ3v) is 1.47. The molecule has 0 unspecified atom stereocenters. The van der Waals surface area contributed by atoms with Gasteiger partial charge >= 0.3 is 0 Å². The summed E-state index contributed by atoms with van der Waals surface area (Å²) in [5.41, 5.74) is 1.06. The topological polar surface area (TPSA) is 12.0 Å². The Bertz CT molecular complexity index is 136. The van der Waals surface area contributed by atoms with Crippen molar-refractivity contribution in [1.29, 1.82) is 0 Å². The van der Waals surface area contributed by atoms with E-state index in [0.717, 1.165) is 5.57 Å². The van der Waals surface area contributed by atoms with Crippen LogP contribution in [-0.2, 0) is 0 Å². The van der Waals surface area contributed by atoms with Gasteiger partial charge in [0.15, 0.2) is 0 Å². The molecule has 0 rings (SSSR count). The van der Waals surface area contributed by atoms with Crippen LogP contribution in [0.3, 0.4) is 0 Å². The van der Waals surface area contributed by atoms with Gasteiger partial charge in [-0.2, -0.15) is 0 Å². The van der Waals surface area contributed by atoms with E-state index in [0.29, 0.717) is 5.16 Å². The zero-order valence-electron chi connectivity index (χ0n) is 6.03. The molecule has 0 aliphatic rings. The maximum absolute atomic E-state index is 5.71. The fourth-order valence-electron chi connectivity index (χ4n) is 0.520. The van der Waals surface area contributed by atoms with E-state index < -0.39 is 0 Å². The first-order chi connectivity index (χ1) is 4.22. The van der Waals surface area contributed by atoms with Crippen LogP contribution in [-0.4, -0.2) is 7.05 Å². The Labute approximate surface area is 61.4 Å². The minimum Gasteiger partial charge on any atom is -0.379 e. The van der Waals surface area contributed by atoms with E-state index in [9.17, 15) is 0 Å². The minimum atomic E-state index is 0.702. The molecule has 2 heteroatoms. The van der Waals surface area contributed by atoms with Gasteiger partial charge in [-0.3, -0.25) is 0 Å². The molecule has 0 spiro atoms. The Kier molecular flexibility index (Phi) is 4.24. The van der Waals surface area contributed by atoms with Crippen LogP contribution in [0.15, 0.2) is 22.9 Å². The van der Waals surface area contributed by atoms with Crippen LogP contribution >= 0.6 is 11.6 Å². The van der Waals surface area contributed by atoms with Crippen molar-refractivity contribution in [3.8, 4) is 0 Å². The summed E-state index contributed by atoms with van der Waals surface area (Å²) in [6, 6.07) is 0. The van der Waals surface area contributed by atoms with Crippen molar-refractivity contribution in [1.82, 2.24) is 5.32 Å². The van der Waals surface area contributed by atoms with Crippen molar-refractivity contribution in [2.45, 2.75) is 13.8 Å². The van der Waals surface area contributed by atoms with Gasteiger partial charge in [-0.1, -0.05) is 23.8 Å². The van der Waals surface area contributed by atoms with E-state index in [4.69, 9.17) is 11.6 Å². The Hall–Kier alpha value is -0.430. The lowest BCUT2D eigenvalue weighted by Crippen LogP contribution is -2.00. The third kappa shape index (κ3) is 3.20. The molecule has 0 aromatic carbocycles. The van der Waals surface area contributed by atoms with Crippen LogP contribution in [0, 0.1) is 0 Å². The van der Waals surface area contributed by atoms with Crippen molar-refractivity contribution in [3.05, 3.63) is 22.9 Å².